The Balaban J connectivity index is 1.96. The van der Waals surface area contributed by atoms with Gasteiger partial charge in [0.1, 0.15) is 0 Å². The van der Waals surface area contributed by atoms with Crippen molar-refractivity contribution < 1.29 is 14.3 Å². The first-order chi connectivity index (χ1) is 11.5. The minimum Gasteiger partial charge on any atom is -0.373 e. The predicted octanol–water partition coefficient (Wildman–Crippen LogP) is 0.309. The number of nitrogens with two attached hydrogens (primary N) is 1. The quantitative estimate of drug-likeness (QED) is 0.696. The fourth-order valence-corrected chi connectivity index (χ4v) is 2.88. The van der Waals surface area contributed by atoms with Gasteiger partial charge in [0.25, 0.3) is 0 Å². The van der Waals surface area contributed by atoms with Gasteiger partial charge in [0.05, 0.1) is 25.3 Å². The Morgan fingerprint density at radius 3 is 2.54 bits per heavy atom. The van der Waals surface area contributed by atoms with Crippen molar-refractivity contribution in [2.75, 3.05) is 31.5 Å². The summed E-state index contributed by atoms with van der Waals surface area (Å²) in [5.41, 5.74) is 7.00. The SMILES string of the molecule is CC1CN(Cc2ccccc2NC(=O)CNC(=O)CN)CC(C)O1. The van der Waals surface area contributed by atoms with Crippen molar-refractivity contribution >= 4 is 17.5 Å². The molecule has 1 aliphatic rings. The zero-order valence-corrected chi connectivity index (χ0v) is 14.2. The second-order valence-electron chi connectivity index (χ2n) is 6.14. The van der Waals surface area contributed by atoms with Crippen LogP contribution in [-0.4, -0.2) is 55.1 Å². The first-order valence-electron chi connectivity index (χ1n) is 8.20. The van der Waals surface area contributed by atoms with E-state index in [1.165, 1.54) is 0 Å². The van der Waals surface area contributed by atoms with E-state index in [0.29, 0.717) is 0 Å². The normalized spacial score (nSPS) is 21.3. The molecule has 0 saturated carbocycles. The Bertz CT molecular complexity index is 569. The number of rotatable bonds is 6. The molecule has 2 unspecified atom stereocenters. The monoisotopic (exact) mass is 334 g/mol. The fourth-order valence-electron chi connectivity index (χ4n) is 2.88. The maximum Gasteiger partial charge on any atom is 0.243 e. The lowest BCUT2D eigenvalue weighted by molar-refractivity contribution is -0.123. The van der Waals surface area contributed by atoms with Crippen molar-refractivity contribution in [2.45, 2.75) is 32.6 Å². The first-order valence-corrected chi connectivity index (χ1v) is 8.20. The molecule has 24 heavy (non-hydrogen) atoms. The molecule has 2 rings (SSSR count). The van der Waals surface area contributed by atoms with Crippen LogP contribution in [0, 0.1) is 0 Å². The predicted molar refractivity (Wildman–Crippen MR) is 92.4 cm³/mol. The summed E-state index contributed by atoms with van der Waals surface area (Å²) >= 11 is 0. The van der Waals surface area contributed by atoms with Crippen LogP contribution in [0.1, 0.15) is 19.4 Å². The van der Waals surface area contributed by atoms with E-state index in [1.807, 2.05) is 24.3 Å². The number of benzene rings is 1. The Morgan fingerprint density at radius 1 is 1.21 bits per heavy atom. The molecule has 1 aromatic carbocycles. The molecule has 0 bridgehead atoms. The topological polar surface area (TPSA) is 96.7 Å². The van der Waals surface area contributed by atoms with Crippen LogP contribution in [0.25, 0.3) is 0 Å². The summed E-state index contributed by atoms with van der Waals surface area (Å²) in [6, 6.07) is 7.70. The number of carbonyl (C=O) groups excluding carboxylic acids is 2. The van der Waals surface area contributed by atoms with Gasteiger partial charge in [0, 0.05) is 25.3 Å². The number of nitrogens with zero attached hydrogens (tertiary/aromatic N) is 1. The molecule has 2 amide bonds. The van der Waals surface area contributed by atoms with Gasteiger partial charge in [-0.15, -0.1) is 0 Å². The third-order valence-electron chi connectivity index (χ3n) is 3.81. The molecule has 1 aromatic rings. The van der Waals surface area contributed by atoms with E-state index in [9.17, 15) is 9.59 Å². The molecular formula is C17H26N4O3. The smallest absolute Gasteiger partial charge is 0.243 e. The molecule has 1 aliphatic heterocycles. The molecule has 1 fully saturated rings. The van der Waals surface area contributed by atoms with Crippen molar-refractivity contribution in [3.8, 4) is 0 Å². The summed E-state index contributed by atoms with van der Waals surface area (Å²) in [5, 5.41) is 5.31. The largest absolute Gasteiger partial charge is 0.373 e. The van der Waals surface area contributed by atoms with Gasteiger partial charge in [0.15, 0.2) is 0 Å². The summed E-state index contributed by atoms with van der Waals surface area (Å²) < 4.78 is 5.75. The minimum atomic E-state index is -0.352. The molecule has 0 radical (unpaired) electrons. The van der Waals surface area contributed by atoms with E-state index in [0.717, 1.165) is 30.9 Å². The van der Waals surface area contributed by atoms with Gasteiger partial charge in [-0.05, 0) is 25.5 Å². The summed E-state index contributed by atoms with van der Waals surface area (Å²) in [4.78, 5) is 25.4. The number of hydrogen-bond acceptors (Lipinski definition) is 5. The highest BCUT2D eigenvalue weighted by Gasteiger charge is 2.22. The lowest BCUT2D eigenvalue weighted by atomic mass is 10.1. The van der Waals surface area contributed by atoms with Crippen LogP contribution in [0.4, 0.5) is 5.69 Å². The number of para-hydroxylation sites is 1. The molecule has 2 atom stereocenters. The second-order valence-corrected chi connectivity index (χ2v) is 6.14. The summed E-state index contributed by atoms with van der Waals surface area (Å²) in [5.74, 6) is -0.623. The zero-order chi connectivity index (χ0) is 17.5. The van der Waals surface area contributed by atoms with Crippen molar-refractivity contribution in [3.63, 3.8) is 0 Å². The maximum absolute atomic E-state index is 12.0. The highest BCUT2D eigenvalue weighted by molar-refractivity contribution is 5.95. The lowest BCUT2D eigenvalue weighted by Gasteiger charge is -2.35. The van der Waals surface area contributed by atoms with E-state index in [1.54, 1.807) is 0 Å². The maximum atomic E-state index is 12.0. The van der Waals surface area contributed by atoms with Gasteiger partial charge >= 0.3 is 0 Å². The van der Waals surface area contributed by atoms with E-state index in [4.69, 9.17) is 10.5 Å². The van der Waals surface area contributed by atoms with Gasteiger partial charge in [-0.2, -0.15) is 0 Å². The Morgan fingerprint density at radius 2 is 1.88 bits per heavy atom. The number of ether oxygens (including phenoxy) is 1. The van der Waals surface area contributed by atoms with Crippen LogP contribution in [0.3, 0.4) is 0 Å². The number of morpholine rings is 1. The van der Waals surface area contributed by atoms with Gasteiger partial charge in [-0.3, -0.25) is 14.5 Å². The van der Waals surface area contributed by atoms with Crippen LogP contribution in [-0.2, 0) is 20.9 Å². The third kappa shape index (κ3) is 5.59. The van der Waals surface area contributed by atoms with Crippen molar-refractivity contribution in [1.29, 1.82) is 0 Å². The number of amides is 2. The highest BCUT2D eigenvalue weighted by Crippen LogP contribution is 2.20. The standard InChI is InChI=1S/C17H26N4O3/c1-12-9-21(10-13(2)24-12)11-14-5-3-4-6-15(14)20-17(23)8-19-16(22)7-18/h3-6,12-13H,7-11,18H2,1-2H3,(H,19,22)(H,20,23). The molecule has 0 aromatic heterocycles. The molecule has 0 aliphatic carbocycles. The van der Waals surface area contributed by atoms with E-state index in [-0.39, 0.29) is 37.1 Å². The van der Waals surface area contributed by atoms with Crippen molar-refractivity contribution in [2.24, 2.45) is 5.73 Å². The number of carbonyl (C=O) groups is 2. The van der Waals surface area contributed by atoms with Crippen LogP contribution in [0.15, 0.2) is 24.3 Å². The van der Waals surface area contributed by atoms with Gasteiger partial charge in [0.2, 0.25) is 11.8 Å². The van der Waals surface area contributed by atoms with Crippen LogP contribution >= 0.6 is 0 Å². The van der Waals surface area contributed by atoms with Gasteiger partial charge < -0.3 is 21.1 Å². The molecular weight excluding hydrogens is 308 g/mol. The van der Waals surface area contributed by atoms with Crippen LogP contribution in [0.2, 0.25) is 0 Å². The summed E-state index contributed by atoms with van der Waals surface area (Å²) in [7, 11) is 0. The average molecular weight is 334 g/mol. The Labute approximate surface area is 142 Å². The molecule has 1 saturated heterocycles. The fraction of sp³-hybridized carbons (Fsp3) is 0.529. The van der Waals surface area contributed by atoms with Gasteiger partial charge in [-0.25, -0.2) is 0 Å². The summed E-state index contributed by atoms with van der Waals surface area (Å²) in [6.45, 7) is 6.38. The van der Waals surface area contributed by atoms with E-state index < -0.39 is 0 Å². The summed E-state index contributed by atoms with van der Waals surface area (Å²) in [6.07, 6.45) is 0.393. The molecule has 0 spiro atoms. The molecule has 7 nitrogen and oxygen atoms in total. The van der Waals surface area contributed by atoms with Crippen LogP contribution < -0.4 is 16.4 Å². The minimum absolute atomic E-state index is 0.0873. The number of hydrogen-bond donors (Lipinski definition) is 3. The second kappa shape index (κ2) is 8.77. The van der Waals surface area contributed by atoms with Crippen molar-refractivity contribution in [1.82, 2.24) is 10.2 Å². The molecule has 132 valence electrons. The van der Waals surface area contributed by atoms with Gasteiger partial charge in [-0.1, -0.05) is 18.2 Å². The van der Waals surface area contributed by atoms with Crippen LogP contribution in [0.5, 0.6) is 0 Å². The molecule has 7 heteroatoms. The average Bonchev–Trinajstić information content (AvgIpc) is 2.53. The van der Waals surface area contributed by atoms with Crippen molar-refractivity contribution in [3.05, 3.63) is 29.8 Å². The Hall–Kier alpha value is -1.96. The number of nitrogens with one attached hydrogen (secondary N) is 2. The number of anilines is 1. The highest BCUT2D eigenvalue weighted by atomic mass is 16.5. The molecule has 4 N–H and O–H groups in total. The zero-order valence-electron chi connectivity index (χ0n) is 14.2. The Kier molecular flexibility index (Phi) is 6.72. The van der Waals surface area contributed by atoms with E-state index >= 15 is 0 Å². The molecule has 1 heterocycles. The first kappa shape index (κ1) is 18.4. The third-order valence-corrected chi connectivity index (χ3v) is 3.81. The lowest BCUT2D eigenvalue weighted by Crippen LogP contribution is -2.45. The van der Waals surface area contributed by atoms with E-state index in [2.05, 4.69) is 29.4 Å².